The van der Waals surface area contributed by atoms with E-state index in [2.05, 4.69) is 0 Å². The van der Waals surface area contributed by atoms with Crippen LogP contribution < -0.4 is 4.74 Å². The summed E-state index contributed by atoms with van der Waals surface area (Å²) in [7, 11) is 1.48. The second-order valence-corrected chi connectivity index (χ2v) is 4.98. The Balaban J connectivity index is 1.93. The molecule has 0 aliphatic rings. The van der Waals surface area contributed by atoms with Gasteiger partial charge in [-0.1, -0.05) is 23.8 Å². The topological polar surface area (TPSA) is 29.5 Å². The third kappa shape index (κ3) is 3.81. The van der Waals surface area contributed by atoms with Gasteiger partial charge in [-0.3, -0.25) is 4.79 Å². The van der Waals surface area contributed by atoms with Crippen molar-refractivity contribution in [2.75, 3.05) is 20.2 Å². The van der Waals surface area contributed by atoms with Gasteiger partial charge in [0.2, 0.25) is 0 Å². The van der Waals surface area contributed by atoms with Crippen LogP contribution in [0.1, 0.15) is 15.9 Å². The highest BCUT2D eigenvalue weighted by Gasteiger charge is 2.20. The lowest BCUT2D eigenvalue weighted by Gasteiger charge is -2.18. The lowest BCUT2D eigenvalue weighted by molar-refractivity contribution is 0.0764. The number of amides is 1. The van der Waals surface area contributed by atoms with Crippen molar-refractivity contribution in [2.45, 2.75) is 6.92 Å². The van der Waals surface area contributed by atoms with Crippen LogP contribution in [0.5, 0.6) is 5.75 Å². The molecule has 0 atom stereocenters. The van der Waals surface area contributed by atoms with E-state index in [-0.39, 0.29) is 13.2 Å². The molecule has 0 unspecified atom stereocenters. The third-order valence-electron chi connectivity index (χ3n) is 3.24. The average molecular weight is 305 g/mol. The van der Waals surface area contributed by atoms with Crippen LogP contribution in [0.15, 0.2) is 42.5 Å². The monoisotopic (exact) mass is 305 g/mol. The maximum Gasteiger partial charge on any atom is 0.259 e. The van der Waals surface area contributed by atoms with Gasteiger partial charge in [-0.25, -0.2) is 8.78 Å². The van der Waals surface area contributed by atoms with E-state index >= 15 is 0 Å². The van der Waals surface area contributed by atoms with Crippen molar-refractivity contribution < 1.29 is 18.3 Å². The van der Waals surface area contributed by atoms with Crippen molar-refractivity contribution in [1.82, 2.24) is 4.90 Å². The molecule has 0 bridgehead atoms. The molecule has 0 aromatic heterocycles. The molecule has 1 amide bonds. The van der Waals surface area contributed by atoms with E-state index in [4.69, 9.17) is 4.74 Å². The van der Waals surface area contributed by atoms with Gasteiger partial charge in [-0.2, -0.15) is 0 Å². The summed E-state index contributed by atoms with van der Waals surface area (Å²) in [4.78, 5) is 13.3. The van der Waals surface area contributed by atoms with Crippen LogP contribution in [0.3, 0.4) is 0 Å². The number of aryl methyl sites for hydroxylation is 1. The smallest absolute Gasteiger partial charge is 0.259 e. The first kappa shape index (κ1) is 15.9. The van der Waals surface area contributed by atoms with Gasteiger partial charge in [0, 0.05) is 7.05 Å². The van der Waals surface area contributed by atoms with Crippen molar-refractivity contribution in [2.24, 2.45) is 0 Å². The molecular formula is C17H17F2NO2. The number of likely N-dealkylation sites (N-methyl/N-ethyl adjacent to an activating group) is 1. The van der Waals surface area contributed by atoms with Crippen LogP contribution in [-0.2, 0) is 0 Å². The van der Waals surface area contributed by atoms with Crippen LogP contribution >= 0.6 is 0 Å². The minimum absolute atomic E-state index is 0.223. The summed E-state index contributed by atoms with van der Waals surface area (Å²) in [5.41, 5.74) is 0.579. The molecule has 0 fully saturated rings. The molecule has 0 radical (unpaired) electrons. The van der Waals surface area contributed by atoms with Crippen LogP contribution in [0, 0.1) is 18.6 Å². The summed E-state index contributed by atoms with van der Waals surface area (Å²) >= 11 is 0. The predicted molar refractivity (Wildman–Crippen MR) is 80.0 cm³/mol. The van der Waals surface area contributed by atoms with E-state index in [0.29, 0.717) is 5.75 Å². The number of hydrogen-bond acceptors (Lipinski definition) is 2. The summed E-state index contributed by atoms with van der Waals surface area (Å²) in [6.07, 6.45) is 0. The van der Waals surface area contributed by atoms with Crippen molar-refractivity contribution in [3.63, 3.8) is 0 Å². The number of carbonyl (C=O) groups excluding carboxylic acids is 1. The molecule has 2 rings (SSSR count). The third-order valence-corrected chi connectivity index (χ3v) is 3.24. The fraction of sp³-hybridized carbons (Fsp3) is 0.235. The molecule has 22 heavy (non-hydrogen) atoms. The summed E-state index contributed by atoms with van der Waals surface area (Å²) < 4.78 is 32.6. The summed E-state index contributed by atoms with van der Waals surface area (Å²) in [5, 5.41) is 0. The van der Waals surface area contributed by atoms with E-state index < -0.39 is 23.1 Å². The highest BCUT2D eigenvalue weighted by molar-refractivity contribution is 5.94. The van der Waals surface area contributed by atoms with Crippen molar-refractivity contribution in [3.8, 4) is 5.75 Å². The molecule has 0 heterocycles. The van der Waals surface area contributed by atoms with Crippen LogP contribution in [-0.4, -0.2) is 31.0 Å². The van der Waals surface area contributed by atoms with Gasteiger partial charge in [0.1, 0.15) is 29.6 Å². The second-order valence-electron chi connectivity index (χ2n) is 4.98. The van der Waals surface area contributed by atoms with Crippen LogP contribution in [0.2, 0.25) is 0 Å². The molecule has 0 saturated carbocycles. The predicted octanol–water partition coefficient (Wildman–Crippen LogP) is 3.42. The van der Waals surface area contributed by atoms with E-state index in [9.17, 15) is 13.6 Å². The van der Waals surface area contributed by atoms with E-state index in [1.807, 2.05) is 31.2 Å². The Morgan fingerprint density at radius 3 is 2.27 bits per heavy atom. The zero-order chi connectivity index (χ0) is 16.1. The fourth-order valence-electron chi connectivity index (χ4n) is 1.93. The van der Waals surface area contributed by atoms with Crippen LogP contribution in [0.25, 0.3) is 0 Å². The fourth-order valence-corrected chi connectivity index (χ4v) is 1.93. The minimum Gasteiger partial charge on any atom is -0.492 e. The van der Waals surface area contributed by atoms with Gasteiger partial charge in [-0.05, 0) is 31.2 Å². The summed E-state index contributed by atoms with van der Waals surface area (Å²) in [6, 6.07) is 10.8. The maximum atomic E-state index is 13.6. The first-order valence-corrected chi connectivity index (χ1v) is 6.88. The van der Waals surface area contributed by atoms with E-state index in [0.717, 1.165) is 17.7 Å². The van der Waals surface area contributed by atoms with Gasteiger partial charge >= 0.3 is 0 Å². The quantitative estimate of drug-likeness (QED) is 0.847. The zero-order valence-electron chi connectivity index (χ0n) is 12.5. The number of ether oxygens (including phenoxy) is 1. The Bertz CT molecular complexity index is 636. The Morgan fingerprint density at radius 2 is 1.68 bits per heavy atom. The first-order valence-electron chi connectivity index (χ1n) is 6.88. The van der Waals surface area contributed by atoms with E-state index in [1.54, 1.807) is 0 Å². The molecule has 2 aromatic rings. The molecule has 0 spiro atoms. The number of halogens is 2. The number of benzene rings is 2. The first-order chi connectivity index (χ1) is 10.5. The average Bonchev–Trinajstić information content (AvgIpc) is 2.49. The maximum absolute atomic E-state index is 13.6. The summed E-state index contributed by atoms with van der Waals surface area (Å²) in [6.45, 7) is 2.43. The van der Waals surface area contributed by atoms with Gasteiger partial charge in [0.25, 0.3) is 5.91 Å². The number of rotatable bonds is 5. The van der Waals surface area contributed by atoms with Gasteiger partial charge in [-0.15, -0.1) is 0 Å². The SMILES string of the molecule is Cc1ccc(OCCN(C)C(=O)c2c(F)cccc2F)cc1. The molecule has 0 saturated heterocycles. The Morgan fingerprint density at radius 1 is 1.09 bits per heavy atom. The molecule has 2 aromatic carbocycles. The van der Waals surface area contributed by atoms with Crippen molar-refractivity contribution in [3.05, 3.63) is 65.2 Å². The van der Waals surface area contributed by atoms with Gasteiger partial charge in [0.15, 0.2) is 0 Å². The zero-order valence-corrected chi connectivity index (χ0v) is 12.5. The molecule has 0 N–H and O–H groups in total. The molecule has 116 valence electrons. The van der Waals surface area contributed by atoms with Gasteiger partial charge < -0.3 is 9.64 Å². The normalized spacial score (nSPS) is 10.4. The van der Waals surface area contributed by atoms with E-state index in [1.165, 1.54) is 18.0 Å². The lowest BCUT2D eigenvalue weighted by Crippen LogP contribution is -2.32. The molecule has 0 aliphatic heterocycles. The Labute approximate surface area is 128 Å². The Hall–Kier alpha value is -2.43. The molecule has 3 nitrogen and oxygen atoms in total. The second kappa shape index (κ2) is 7.02. The van der Waals surface area contributed by atoms with Crippen LogP contribution in [0.4, 0.5) is 8.78 Å². The lowest BCUT2D eigenvalue weighted by atomic mass is 10.1. The molecular weight excluding hydrogens is 288 g/mol. The molecule has 0 aliphatic carbocycles. The number of nitrogens with zero attached hydrogens (tertiary/aromatic N) is 1. The highest BCUT2D eigenvalue weighted by Crippen LogP contribution is 2.15. The largest absolute Gasteiger partial charge is 0.492 e. The van der Waals surface area contributed by atoms with Gasteiger partial charge in [0.05, 0.1) is 6.54 Å². The van der Waals surface area contributed by atoms with Crippen molar-refractivity contribution in [1.29, 1.82) is 0 Å². The van der Waals surface area contributed by atoms with Crippen molar-refractivity contribution >= 4 is 5.91 Å². The number of carbonyl (C=O) groups is 1. The number of hydrogen-bond donors (Lipinski definition) is 0. The standard InChI is InChI=1S/C17H17F2NO2/c1-12-6-8-13(9-7-12)22-11-10-20(2)17(21)16-14(18)4-3-5-15(16)19/h3-9H,10-11H2,1-2H3. The minimum atomic E-state index is -0.865. The Kier molecular flexibility index (Phi) is 5.09. The molecule has 5 heteroatoms. The summed E-state index contributed by atoms with van der Waals surface area (Å²) in [5.74, 6) is -1.75. The highest BCUT2D eigenvalue weighted by atomic mass is 19.1.